The van der Waals surface area contributed by atoms with Gasteiger partial charge in [0.2, 0.25) is 5.43 Å². The normalized spacial score (nSPS) is 16.9. The summed E-state index contributed by atoms with van der Waals surface area (Å²) >= 11 is 0. The maximum Gasteiger partial charge on any atom is 0.220 e. The second-order valence-corrected chi connectivity index (χ2v) is 4.85. The summed E-state index contributed by atoms with van der Waals surface area (Å²) in [6, 6.07) is 16.7. The molecule has 0 N–H and O–H groups in total. The first kappa shape index (κ1) is 13.6. The molecule has 0 bridgehead atoms. The van der Waals surface area contributed by atoms with E-state index in [1.165, 1.54) is 6.07 Å². The third-order valence-corrected chi connectivity index (χ3v) is 3.33. The Bertz CT molecular complexity index is 692. The van der Waals surface area contributed by atoms with Crippen LogP contribution in [0.5, 0.6) is 5.75 Å². The molecule has 3 heteroatoms. The molecule has 0 amide bonds. The molecule has 106 valence electrons. The van der Waals surface area contributed by atoms with Crippen molar-refractivity contribution in [3.8, 4) is 5.75 Å². The van der Waals surface area contributed by atoms with Gasteiger partial charge >= 0.3 is 0 Å². The predicted molar refractivity (Wildman–Crippen MR) is 81.3 cm³/mol. The first-order chi connectivity index (χ1) is 10.3. The van der Waals surface area contributed by atoms with E-state index in [0.717, 1.165) is 11.1 Å². The van der Waals surface area contributed by atoms with Gasteiger partial charge in [0.25, 0.3) is 0 Å². The third kappa shape index (κ3) is 3.38. The molecule has 0 saturated carbocycles. The second-order valence-electron chi connectivity index (χ2n) is 4.85. The van der Waals surface area contributed by atoms with E-state index in [1.807, 2.05) is 48.6 Å². The van der Waals surface area contributed by atoms with E-state index in [9.17, 15) is 4.79 Å². The smallest absolute Gasteiger partial charge is 0.220 e. The highest BCUT2D eigenvalue weighted by atomic mass is 16.5. The van der Waals surface area contributed by atoms with Gasteiger partial charge in [-0.05, 0) is 23.3 Å². The summed E-state index contributed by atoms with van der Waals surface area (Å²) < 4.78 is 11.3. The highest BCUT2D eigenvalue weighted by Crippen LogP contribution is 2.24. The molecule has 0 aromatic heterocycles. The molecule has 1 heterocycles. The molecule has 0 saturated heterocycles. The Morgan fingerprint density at radius 2 is 1.95 bits per heavy atom. The van der Waals surface area contributed by atoms with Crippen LogP contribution in [0.4, 0.5) is 0 Å². The average molecular weight is 280 g/mol. The molecule has 1 aliphatic heterocycles. The van der Waals surface area contributed by atoms with E-state index in [4.69, 9.17) is 9.47 Å². The molecule has 3 rings (SSSR count). The number of rotatable bonds is 4. The molecule has 2 aromatic rings. The number of hydrogen-bond donors (Lipinski definition) is 0. The summed E-state index contributed by atoms with van der Waals surface area (Å²) in [5.41, 5.74) is 1.83. The molecule has 21 heavy (non-hydrogen) atoms. The Balaban J connectivity index is 1.83. The average Bonchev–Trinajstić information content (AvgIpc) is 2.98. The van der Waals surface area contributed by atoms with Crippen LogP contribution in [0.3, 0.4) is 0 Å². The molecule has 2 aromatic carbocycles. The fourth-order valence-corrected chi connectivity index (χ4v) is 2.23. The third-order valence-electron chi connectivity index (χ3n) is 3.33. The molecule has 0 fully saturated rings. The maximum absolute atomic E-state index is 12.0. The van der Waals surface area contributed by atoms with Gasteiger partial charge in [-0.3, -0.25) is 4.79 Å². The van der Waals surface area contributed by atoms with Crippen molar-refractivity contribution < 1.29 is 9.47 Å². The lowest BCUT2D eigenvalue weighted by atomic mass is 10.1. The van der Waals surface area contributed by atoms with Gasteiger partial charge in [-0.25, -0.2) is 0 Å². The molecule has 0 spiro atoms. The fourth-order valence-electron chi connectivity index (χ4n) is 2.23. The number of benzene rings is 1. The van der Waals surface area contributed by atoms with Crippen LogP contribution in [0.2, 0.25) is 0 Å². The SMILES string of the molecule is O=c1cccc(C2C=CCO2)cc1OCc1ccccc1. The van der Waals surface area contributed by atoms with Gasteiger partial charge in [0.05, 0.1) is 6.61 Å². The van der Waals surface area contributed by atoms with Crippen LogP contribution in [0.15, 0.2) is 71.5 Å². The van der Waals surface area contributed by atoms with Gasteiger partial charge in [0, 0.05) is 0 Å². The van der Waals surface area contributed by atoms with Crippen LogP contribution in [-0.4, -0.2) is 6.61 Å². The Morgan fingerprint density at radius 1 is 1.10 bits per heavy atom. The van der Waals surface area contributed by atoms with Crippen LogP contribution in [-0.2, 0) is 11.3 Å². The molecule has 1 unspecified atom stereocenters. The van der Waals surface area contributed by atoms with Gasteiger partial charge in [-0.1, -0.05) is 54.6 Å². The van der Waals surface area contributed by atoms with Crippen molar-refractivity contribution in [3.63, 3.8) is 0 Å². The lowest BCUT2D eigenvalue weighted by molar-refractivity contribution is 0.129. The first-order valence-electron chi connectivity index (χ1n) is 6.92. The Hall–Kier alpha value is -2.39. The van der Waals surface area contributed by atoms with E-state index in [1.54, 1.807) is 12.1 Å². The minimum Gasteiger partial charge on any atom is -0.485 e. The van der Waals surface area contributed by atoms with E-state index in [-0.39, 0.29) is 11.5 Å². The first-order valence-corrected chi connectivity index (χ1v) is 6.92. The standard InChI is InChI=1S/C18H16O3/c19-16-9-4-8-15(17-10-5-11-20-17)12-18(16)21-13-14-6-2-1-3-7-14/h1-10,12,17H,11,13H2. The maximum atomic E-state index is 12.0. The van der Waals surface area contributed by atoms with E-state index >= 15 is 0 Å². The lowest BCUT2D eigenvalue weighted by Crippen LogP contribution is -2.05. The number of ether oxygens (including phenoxy) is 2. The zero-order chi connectivity index (χ0) is 14.5. The Kier molecular flexibility index (Phi) is 4.12. The van der Waals surface area contributed by atoms with Crippen LogP contribution in [0.25, 0.3) is 0 Å². The molecule has 0 radical (unpaired) electrons. The Morgan fingerprint density at radius 3 is 2.71 bits per heavy atom. The van der Waals surface area contributed by atoms with E-state index in [2.05, 4.69) is 0 Å². The van der Waals surface area contributed by atoms with Crippen molar-refractivity contribution in [2.45, 2.75) is 12.7 Å². The van der Waals surface area contributed by atoms with E-state index in [0.29, 0.717) is 19.0 Å². The van der Waals surface area contributed by atoms with E-state index < -0.39 is 0 Å². The van der Waals surface area contributed by atoms with Crippen molar-refractivity contribution in [1.29, 1.82) is 0 Å². The molecule has 1 atom stereocenters. The van der Waals surface area contributed by atoms with Gasteiger partial charge in [0.1, 0.15) is 12.7 Å². The van der Waals surface area contributed by atoms with Gasteiger partial charge < -0.3 is 9.47 Å². The summed E-state index contributed by atoms with van der Waals surface area (Å²) in [6.07, 6.45) is 3.86. The van der Waals surface area contributed by atoms with Crippen LogP contribution in [0, 0.1) is 0 Å². The quantitative estimate of drug-likeness (QED) is 0.806. The lowest BCUT2D eigenvalue weighted by Gasteiger charge is -2.08. The fraction of sp³-hybridized carbons (Fsp3) is 0.167. The van der Waals surface area contributed by atoms with Crippen molar-refractivity contribution >= 4 is 0 Å². The largest absolute Gasteiger partial charge is 0.485 e. The minimum absolute atomic E-state index is 0.101. The summed E-state index contributed by atoms with van der Waals surface area (Å²) in [5.74, 6) is 0.350. The van der Waals surface area contributed by atoms with Crippen LogP contribution in [0.1, 0.15) is 17.2 Å². The molecule has 0 aliphatic carbocycles. The van der Waals surface area contributed by atoms with Crippen molar-refractivity contribution in [1.82, 2.24) is 0 Å². The topological polar surface area (TPSA) is 35.5 Å². The molecular weight excluding hydrogens is 264 g/mol. The second kappa shape index (κ2) is 6.37. The molecule has 1 aliphatic rings. The summed E-state index contributed by atoms with van der Waals surface area (Å²) in [4.78, 5) is 12.0. The Labute approximate surface area is 123 Å². The van der Waals surface area contributed by atoms with Crippen molar-refractivity contribution in [2.24, 2.45) is 0 Å². The number of hydrogen-bond acceptors (Lipinski definition) is 3. The molecular formula is C18H16O3. The zero-order valence-corrected chi connectivity index (χ0v) is 11.6. The monoisotopic (exact) mass is 280 g/mol. The minimum atomic E-state index is -0.126. The van der Waals surface area contributed by atoms with Crippen molar-refractivity contribution in [2.75, 3.05) is 6.61 Å². The summed E-state index contributed by atoms with van der Waals surface area (Å²) in [5, 5.41) is 0. The summed E-state index contributed by atoms with van der Waals surface area (Å²) in [6.45, 7) is 0.981. The predicted octanol–water partition coefficient (Wildman–Crippen LogP) is 3.25. The van der Waals surface area contributed by atoms with Crippen molar-refractivity contribution in [3.05, 3.63) is 88.1 Å². The van der Waals surface area contributed by atoms with Crippen LogP contribution < -0.4 is 10.2 Å². The van der Waals surface area contributed by atoms with Gasteiger partial charge in [0.15, 0.2) is 5.75 Å². The zero-order valence-electron chi connectivity index (χ0n) is 11.6. The van der Waals surface area contributed by atoms with Gasteiger partial charge in [-0.2, -0.15) is 0 Å². The highest BCUT2D eigenvalue weighted by molar-refractivity contribution is 5.31. The highest BCUT2D eigenvalue weighted by Gasteiger charge is 2.13. The molecule has 3 nitrogen and oxygen atoms in total. The summed E-state index contributed by atoms with van der Waals surface area (Å²) in [7, 11) is 0. The van der Waals surface area contributed by atoms with Crippen LogP contribution >= 0.6 is 0 Å². The van der Waals surface area contributed by atoms with Gasteiger partial charge in [-0.15, -0.1) is 0 Å².